The van der Waals surface area contributed by atoms with Crippen LogP contribution in [-0.2, 0) is 9.53 Å². The van der Waals surface area contributed by atoms with E-state index >= 15 is 0 Å². The fourth-order valence-corrected chi connectivity index (χ4v) is 2.64. The van der Waals surface area contributed by atoms with E-state index in [9.17, 15) is 9.59 Å². The van der Waals surface area contributed by atoms with Crippen LogP contribution in [0.5, 0.6) is 0 Å². The molecule has 0 bridgehead atoms. The second kappa shape index (κ2) is 7.53. The molecule has 1 aromatic heterocycles. The fourth-order valence-electron chi connectivity index (χ4n) is 2.64. The predicted octanol–water partition coefficient (Wildman–Crippen LogP) is 3.66. The minimum absolute atomic E-state index is 0.333. The highest BCUT2D eigenvalue weighted by molar-refractivity contribution is 5.97. The number of nitrogens with zero attached hydrogens (tertiary/aromatic N) is 2. The summed E-state index contributed by atoms with van der Waals surface area (Å²) in [6.45, 7) is 7.29. The molecule has 0 aliphatic heterocycles. The summed E-state index contributed by atoms with van der Waals surface area (Å²) in [6.07, 6.45) is 0. The van der Waals surface area contributed by atoms with E-state index in [0.717, 1.165) is 22.5 Å². The largest absolute Gasteiger partial charge is 0.452 e. The molecule has 3 aromatic rings. The Labute approximate surface area is 157 Å². The Balaban J connectivity index is 1.66. The van der Waals surface area contributed by atoms with Gasteiger partial charge in [-0.2, -0.15) is 0 Å². The molecule has 1 heterocycles. The summed E-state index contributed by atoms with van der Waals surface area (Å²) in [6, 6.07) is 10.6. The number of esters is 1. The van der Waals surface area contributed by atoms with Crippen molar-refractivity contribution < 1.29 is 14.3 Å². The predicted molar refractivity (Wildman–Crippen MR) is 104 cm³/mol. The summed E-state index contributed by atoms with van der Waals surface area (Å²) < 4.78 is 5.14. The topological polar surface area (TPSA) is 81.2 Å². The quantitative estimate of drug-likeness (QED) is 0.716. The van der Waals surface area contributed by atoms with Crippen molar-refractivity contribution >= 4 is 28.6 Å². The number of aromatic nitrogens is 2. The molecule has 1 amide bonds. The fraction of sp³-hybridized carbons (Fsp3) is 0.238. The number of rotatable bonds is 4. The first-order valence-electron chi connectivity index (χ1n) is 8.63. The Morgan fingerprint density at radius 3 is 2.41 bits per heavy atom. The number of fused-ring (bicyclic) bond motifs is 1. The molecule has 0 aliphatic rings. The number of nitrogens with one attached hydrogen (secondary N) is 1. The van der Waals surface area contributed by atoms with E-state index in [0.29, 0.717) is 22.3 Å². The third-order valence-electron chi connectivity index (χ3n) is 4.52. The molecule has 27 heavy (non-hydrogen) atoms. The number of carbonyl (C=O) groups is 2. The van der Waals surface area contributed by atoms with Gasteiger partial charge in [0.15, 0.2) is 6.61 Å². The van der Waals surface area contributed by atoms with Gasteiger partial charge in [-0.3, -0.25) is 4.79 Å². The van der Waals surface area contributed by atoms with Crippen molar-refractivity contribution in [1.29, 1.82) is 0 Å². The molecule has 6 heteroatoms. The monoisotopic (exact) mass is 363 g/mol. The minimum Gasteiger partial charge on any atom is -0.452 e. The van der Waals surface area contributed by atoms with Crippen molar-refractivity contribution in [3.8, 4) is 0 Å². The number of anilines is 1. The number of carbonyl (C=O) groups excluding carboxylic acids is 2. The van der Waals surface area contributed by atoms with Crippen LogP contribution in [0.2, 0.25) is 0 Å². The van der Waals surface area contributed by atoms with Crippen molar-refractivity contribution in [1.82, 2.24) is 9.97 Å². The smallest absolute Gasteiger partial charge is 0.338 e. The molecule has 0 saturated heterocycles. The number of ether oxygens (including phenoxy) is 1. The Hall–Kier alpha value is -3.28. The standard InChI is InChI=1S/C21H21N3O3/c1-12-6-5-7-17(13(12)2)24-20(25)11-27-21(26)16-8-9-18-19(10-16)23-15(4)14(3)22-18/h5-10H,11H2,1-4H3,(H,24,25). The number of amides is 1. The highest BCUT2D eigenvalue weighted by Gasteiger charge is 2.13. The lowest BCUT2D eigenvalue weighted by Crippen LogP contribution is -2.21. The normalized spacial score (nSPS) is 10.7. The third kappa shape index (κ3) is 4.11. The van der Waals surface area contributed by atoms with E-state index in [1.807, 2.05) is 45.9 Å². The van der Waals surface area contributed by atoms with Crippen LogP contribution in [0.15, 0.2) is 36.4 Å². The van der Waals surface area contributed by atoms with Gasteiger partial charge in [0.25, 0.3) is 5.91 Å². The third-order valence-corrected chi connectivity index (χ3v) is 4.52. The Morgan fingerprint density at radius 1 is 0.963 bits per heavy atom. The van der Waals surface area contributed by atoms with Gasteiger partial charge in [0.2, 0.25) is 0 Å². The second-order valence-electron chi connectivity index (χ2n) is 6.47. The molecule has 2 aromatic carbocycles. The molecular weight excluding hydrogens is 342 g/mol. The van der Waals surface area contributed by atoms with E-state index < -0.39 is 5.97 Å². The summed E-state index contributed by atoms with van der Waals surface area (Å²) in [5, 5.41) is 2.76. The van der Waals surface area contributed by atoms with E-state index in [1.54, 1.807) is 18.2 Å². The van der Waals surface area contributed by atoms with Crippen molar-refractivity contribution in [2.45, 2.75) is 27.7 Å². The maximum absolute atomic E-state index is 12.3. The number of hydrogen-bond donors (Lipinski definition) is 1. The van der Waals surface area contributed by atoms with E-state index in [-0.39, 0.29) is 12.5 Å². The molecule has 0 spiro atoms. The zero-order chi connectivity index (χ0) is 19.6. The summed E-state index contributed by atoms with van der Waals surface area (Å²) in [5.41, 5.74) is 6.09. The lowest BCUT2D eigenvalue weighted by Gasteiger charge is -2.11. The van der Waals surface area contributed by atoms with Crippen LogP contribution in [0, 0.1) is 27.7 Å². The molecule has 6 nitrogen and oxygen atoms in total. The minimum atomic E-state index is -0.576. The number of benzene rings is 2. The van der Waals surface area contributed by atoms with E-state index in [4.69, 9.17) is 4.74 Å². The summed E-state index contributed by atoms with van der Waals surface area (Å²) in [4.78, 5) is 33.2. The SMILES string of the molecule is Cc1cccc(NC(=O)COC(=O)c2ccc3nc(C)c(C)nc3c2)c1C. The Kier molecular flexibility index (Phi) is 5.16. The van der Waals surface area contributed by atoms with Crippen LogP contribution in [0.4, 0.5) is 5.69 Å². The van der Waals surface area contributed by atoms with Gasteiger partial charge < -0.3 is 10.1 Å². The zero-order valence-corrected chi connectivity index (χ0v) is 15.8. The molecule has 0 unspecified atom stereocenters. The van der Waals surface area contributed by atoms with Crippen molar-refractivity contribution in [3.63, 3.8) is 0 Å². The first kappa shape index (κ1) is 18.5. The van der Waals surface area contributed by atoms with Gasteiger partial charge >= 0.3 is 5.97 Å². The van der Waals surface area contributed by atoms with Gasteiger partial charge in [-0.05, 0) is 63.1 Å². The number of aryl methyl sites for hydroxylation is 3. The van der Waals surface area contributed by atoms with Crippen LogP contribution >= 0.6 is 0 Å². The molecule has 1 N–H and O–H groups in total. The van der Waals surface area contributed by atoms with Gasteiger partial charge in [-0.15, -0.1) is 0 Å². The first-order valence-corrected chi connectivity index (χ1v) is 8.63. The average molecular weight is 363 g/mol. The zero-order valence-electron chi connectivity index (χ0n) is 15.8. The lowest BCUT2D eigenvalue weighted by molar-refractivity contribution is -0.119. The van der Waals surface area contributed by atoms with Crippen LogP contribution in [-0.4, -0.2) is 28.5 Å². The lowest BCUT2D eigenvalue weighted by atomic mass is 10.1. The maximum atomic E-state index is 12.3. The first-order chi connectivity index (χ1) is 12.8. The van der Waals surface area contributed by atoms with Gasteiger partial charge in [0.05, 0.1) is 28.0 Å². The van der Waals surface area contributed by atoms with Crippen molar-refractivity contribution in [3.05, 3.63) is 64.5 Å². The van der Waals surface area contributed by atoms with Gasteiger partial charge in [-0.1, -0.05) is 12.1 Å². The van der Waals surface area contributed by atoms with Crippen molar-refractivity contribution in [2.75, 3.05) is 11.9 Å². The van der Waals surface area contributed by atoms with Gasteiger partial charge in [-0.25, -0.2) is 14.8 Å². The molecule has 0 radical (unpaired) electrons. The van der Waals surface area contributed by atoms with Crippen molar-refractivity contribution in [2.24, 2.45) is 0 Å². The van der Waals surface area contributed by atoms with Crippen LogP contribution < -0.4 is 5.32 Å². The van der Waals surface area contributed by atoms with E-state index in [1.165, 1.54) is 0 Å². The summed E-state index contributed by atoms with van der Waals surface area (Å²) in [5.74, 6) is -0.961. The van der Waals surface area contributed by atoms with Gasteiger partial charge in [0.1, 0.15) is 0 Å². The molecule has 0 atom stereocenters. The maximum Gasteiger partial charge on any atom is 0.338 e. The molecule has 138 valence electrons. The number of hydrogen-bond acceptors (Lipinski definition) is 5. The molecular formula is C21H21N3O3. The highest BCUT2D eigenvalue weighted by atomic mass is 16.5. The van der Waals surface area contributed by atoms with Crippen LogP contribution in [0.3, 0.4) is 0 Å². The second-order valence-corrected chi connectivity index (χ2v) is 6.47. The molecule has 3 rings (SSSR count). The van der Waals surface area contributed by atoms with Gasteiger partial charge in [0, 0.05) is 5.69 Å². The molecule has 0 saturated carbocycles. The average Bonchev–Trinajstić information content (AvgIpc) is 2.64. The highest BCUT2D eigenvalue weighted by Crippen LogP contribution is 2.18. The van der Waals surface area contributed by atoms with Crippen LogP contribution in [0.25, 0.3) is 11.0 Å². The molecule has 0 aliphatic carbocycles. The Morgan fingerprint density at radius 2 is 1.67 bits per heavy atom. The van der Waals surface area contributed by atoms with E-state index in [2.05, 4.69) is 15.3 Å². The molecule has 0 fully saturated rings. The summed E-state index contributed by atoms with van der Waals surface area (Å²) in [7, 11) is 0. The Bertz CT molecular complexity index is 1040. The van der Waals surface area contributed by atoms with Crippen LogP contribution in [0.1, 0.15) is 32.9 Å². The summed E-state index contributed by atoms with van der Waals surface area (Å²) >= 11 is 0.